The monoisotopic (exact) mass is 340 g/mol. The summed E-state index contributed by atoms with van der Waals surface area (Å²) >= 11 is 0. The van der Waals surface area contributed by atoms with E-state index >= 15 is 0 Å². The van der Waals surface area contributed by atoms with Crippen LogP contribution >= 0.6 is 0 Å². The van der Waals surface area contributed by atoms with E-state index in [0.717, 1.165) is 16.7 Å². The van der Waals surface area contributed by atoms with Crippen LogP contribution in [0.4, 0.5) is 8.78 Å². The third kappa shape index (κ3) is 3.95. The van der Waals surface area contributed by atoms with Gasteiger partial charge in [0.05, 0.1) is 0 Å². The summed E-state index contributed by atoms with van der Waals surface area (Å²) in [5.74, 6) is 0.508. The second-order valence-corrected chi connectivity index (χ2v) is 5.33. The number of halogens is 2. The first-order valence-corrected chi connectivity index (χ1v) is 7.43. The van der Waals surface area contributed by atoms with E-state index in [9.17, 15) is 19.0 Å². The zero-order valence-corrected chi connectivity index (χ0v) is 13.0. The van der Waals surface area contributed by atoms with Gasteiger partial charge in [-0.05, 0) is 47.0 Å². The Hall–Kier alpha value is -3.34. The number of hydrogen-bond donors (Lipinski definition) is 2. The maximum atomic E-state index is 12.5. The first-order valence-electron chi connectivity index (χ1n) is 7.43. The van der Waals surface area contributed by atoms with Gasteiger partial charge in [0.25, 0.3) is 0 Å². The lowest BCUT2D eigenvalue weighted by Crippen LogP contribution is -1.89. The molecular weight excluding hydrogens is 326 g/mol. The SMILES string of the molecule is Oc1ccc(-c2ccc(-c3ccc(O)cc3)c(OC=C(F)F)c2)cc1. The number of hydrogen-bond acceptors (Lipinski definition) is 3. The Morgan fingerprint density at radius 3 is 1.80 bits per heavy atom. The molecule has 0 amide bonds. The summed E-state index contributed by atoms with van der Waals surface area (Å²) in [6.45, 7) is 0. The summed E-state index contributed by atoms with van der Waals surface area (Å²) in [6.07, 6.45) is -1.55. The average Bonchev–Trinajstić information content (AvgIpc) is 2.61. The van der Waals surface area contributed by atoms with Crippen LogP contribution in [0.1, 0.15) is 0 Å². The molecule has 0 aromatic heterocycles. The van der Waals surface area contributed by atoms with Crippen LogP contribution in [0, 0.1) is 0 Å². The van der Waals surface area contributed by atoms with Crippen LogP contribution in [-0.2, 0) is 0 Å². The number of ether oxygens (including phenoxy) is 1. The molecule has 0 fully saturated rings. The standard InChI is InChI=1S/C20H14F2O3/c21-20(22)12-25-19-11-15(13-1-6-16(23)7-2-13)5-10-18(19)14-3-8-17(24)9-4-14/h1-12,23-24H. The Labute approximate surface area is 143 Å². The van der Waals surface area contributed by atoms with Crippen molar-refractivity contribution >= 4 is 0 Å². The van der Waals surface area contributed by atoms with Gasteiger partial charge in [-0.2, -0.15) is 8.78 Å². The lowest BCUT2D eigenvalue weighted by molar-refractivity contribution is 0.365. The van der Waals surface area contributed by atoms with E-state index in [1.165, 1.54) is 12.1 Å². The number of rotatable bonds is 4. The molecule has 0 aliphatic heterocycles. The molecule has 2 N–H and O–H groups in total. The molecule has 3 aromatic rings. The topological polar surface area (TPSA) is 49.7 Å². The van der Waals surface area contributed by atoms with Crippen LogP contribution in [0.5, 0.6) is 17.2 Å². The second kappa shape index (κ2) is 7.05. The summed E-state index contributed by atoms with van der Waals surface area (Å²) in [4.78, 5) is 0. The first-order chi connectivity index (χ1) is 12.0. The van der Waals surface area contributed by atoms with E-state index in [1.54, 1.807) is 48.5 Å². The summed E-state index contributed by atoms with van der Waals surface area (Å²) in [7, 11) is 0. The van der Waals surface area contributed by atoms with Gasteiger partial charge < -0.3 is 14.9 Å². The van der Waals surface area contributed by atoms with Crippen LogP contribution in [-0.4, -0.2) is 10.2 Å². The normalized spacial score (nSPS) is 10.3. The van der Waals surface area contributed by atoms with Gasteiger partial charge in [0.2, 0.25) is 0 Å². The molecule has 0 saturated carbocycles. The van der Waals surface area contributed by atoms with Crippen molar-refractivity contribution in [2.75, 3.05) is 0 Å². The Morgan fingerprint density at radius 2 is 1.24 bits per heavy atom. The molecule has 3 nitrogen and oxygen atoms in total. The van der Waals surface area contributed by atoms with Crippen LogP contribution in [0.2, 0.25) is 0 Å². The molecule has 3 rings (SSSR count). The maximum Gasteiger partial charge on any atom is 0.305 e. The number of phenols is 2. The van der Waals surface area contributed by atoms with Gasteiger partial charge in [-0.3, -0.25) is 0 Å². The molecule has 0 bridgehead atoms. The highest BCUT2D eigenvalue weighted by molar-refractivity contribution is 5.76. The van der Waals surface area contributed by atoms with Crippen LogP contribution in [0.25, 0.3) is 22.3 Å². The lowest BCUT2D eigenvalue weighted by atomic mass is 9.99. The Bertz CT molecular complexity index is 897. The zero-order chi connectivity index (χ0) is 17.8. The van der Waals surface area contributed by atoms with Crippen molar-refractivity contribution in [3.8, 4) is 39.5 Å². The van der Waals surface area contributed by atoms with Gasteiger partial charge in [-0.15, -0.1) is 0 Å². The largest absolute Gasteiger partial charge is 0.508 e. The Kier molecular flexibility index (Phi) is 4.66. The van der Waals surface area contributed by atoms with Crippen molar-refractivity contribution in [2.45, 2.75) is 0 Å². The van der Waals surface area contributed by atoms with Gasteiger partial charge in [-0.1, -0.05) is 36.4 Å². The van der Waals surface area contributed by atoms with E-state index < -0.39 is 6.08 Å². The zero-order valence-electron chi connectivity index (χ0n) is 13.0. The van der Waals surface area contributed by atoms with E-state index in [0.29, 0.717) is 11.8 Å². The molecule has 0 atom stereocenters. The predicted molar refractivity (Wildman–Crippen MR) is 91.6 cm³/mol. The van der Waals surface area contributed by atoms with Crippen molar-refractivity contribution in [3.63, 3.8) is 0 Å². The van der Waals surface area contributed by atoms with Gasteiger partial charge >= 0.3 is 6.08 Å². The smallest absolute Gasteiger partial charge is 0.305 e. The Balaban J connectivity index is 2.07. The van der Waals surface area contributed by atoms with Crippen molar-refractivity contribution in [1.29, 1.82) is 0 Å². The van der Waals surface area contributed by atoms with Crippen molar-refractivity contribution in [1.82, 2.24) is 0 Å². The van der Waals surface area contributed by atoms with Crippen LogP contribution < -0.4 is 4.74 Å². The first kappa shape index (κ1) is 16.5. The van der Waals surface area contributed by atoms with E-state index in [1.807, 2.05) is 6.07 Å². The van der Waals surface area contributed by atoms with Gasteiger partial charge in [0.15, 0.2) is 6.26 Å². The molecule has 0 radical (unpaired) electrons. The highest BCUT2D eigenvalue weighted by atomic mass is 19.3. The minimum absolute atomic E-state index is 0.113. The van der Waals surface area contributed by atoms with Gasteiger partial charge in [-0.25, -0.2) is 0 Å². The third-order valence-corrected chi connectivity index (χ3v) is 3.64. The van der Waals surface area contributed by atoms with Crippen molar-refractivity contribution < 1.29 is 23.7 Å². The molecule has 0 aliphatic carbocycles. The van der Waals surface area contributed by atoms with Crippen LogP contribution in [0.15, 0.2) is 79.1 Å². The number of aromatic hydroxyl groups is 2. The fourth-order valence-electron chi connectivity index (χ4n) is 2.44. The fraction of sp³-hybridized carbons (Fsp3) is 0. The van der Waals surface area contributed by atoms with Crippen LogP contribution in [0.3, 0.4) is 0 Å². The molecule has 5 heteroatoms. The quantitative estimate of drug-likeness (QED) is 0.612. The average molecular weight is 340 g/mol. The summed E-state index contributed by atoms with van der Waals surface area (Å²) in [5.41, 5.74) is 2.90. The summed E-state index contributed by atoms with van der Waals surface area (Å²) in [6, 6.07) is 18.1. The minimum Gasteiger partial charge on any atom is -0.508 e. The van der Waals surface area contributed by atoms with Crippen molar-refractivity contribution in [2.24, 2.45) is 0 Å². The molecule has 0 heterocycles. The minimum atomic E-state index is -1.94. The maximum absolute atomic E-state index is 12.5. The van der Waals surface area contributed by atoms with E-state index in [2.05, 4.69) is 0 Å². The number of phenolic OH excluding ortho intramolecular Hbond substituents is 2. The molecule has 126 valence electrons. The highest BCUT2D eigenvalue weighted by Gasteiger charge is 2.10. The van der Waals surface area contributed by atoms with E-state index in [-0.39, 0.29) is 17.2 Å². The van der Waals surface area contributed by atoms with Gasteiger partial charge in [0, 0.05) is 5.56 Å². The fourth-order valence-corrected chi connectivity index (χ4v) is 2.44. The lowest BCUT2D eigenvalue weighted by Gasteiger charge is -2.12. The molecule has 3 aromatic carbocycles. The third-order valence-electron chi connectivity index (χ3n) is 3.64. The molecule has 0 aliphatic rings. The molecule has 0 spiro atoms. The molecule has 25 heavy (non-hydrogen) atoms. The number of benzene rings is 3. The second-order valence-electron chi connectivity index (χ2n) is 5.33. The Morgan fingerprint density at radius 1 is 0.720 bits per heavy atom. The van der Waals surface area contributed by atoms with Crippen molar-refractivity contribution in [3.05, 3.63) is 79.1 Å². The van der Waals surface area contributed by atoms with E-state index in [4.69, 9.17) is 4.74 Å². The predicted octanol–water partition coefficient (Wildman–Crippen LogP) is 5.55. The summed E-state index contributed by atoms with van der Waals surface area (Å²) in [5, 5.41) is 18.8. The summed E-state index contributed by atoms with van der Waals surface area (Å²) < 4.78 is 30.0. The molecule has 0 saturated heterocycles. The molecular formula is C20H14F2O3. The highest BCUT2D eigenvalue weighted by Crippen LogP contribution is 2.35. The molecule has 0 unspecified atom stereocenters. The van der Waals surface area contributed by atoms with Gasteiger partial charge in [0.1, 0.15) is 17.2 Å².